The number of rotatable bonds is 10. The largest absolute Gasteiger partial charge is 0.495 e. The smallest absolute Gasteiger partial charge is 0.287 e. The summed E-state index contributed by atoms with van der Waals surface area (Å²) in [4.78, 5) is 41.4. The number of carbonyl (C=O) groups is 3. The van der Waals surface area contributed by atoms with Crippen molar-refractivity contribution in [1.82, 2.24) is 10.6 Å². The average molecular weight is 506 g/mol. The highest BCUT2D eigenvalue weighted by atomic mass is 16.5. The molecule has 37 heavy (non-hydrogen) atoms. The number of aryl methyl sites for hydroxylation is 1. The molecule has 9 nitrogen and oxygen atoms in total. The molecule has 0 aliphatic carbocycles. The van der Waals surface area contributed by atoms with Crippen molar-refractivity contribution < 1.29 is 28.3 Å². The number of methoxy groups -OCH3 is 1. The normalized spacial score (nSPS) is 15.6. The van der Waals surface area contributed by atoms with Gasteiger partial charge in [-0.1, -0.05) is 36.4 Å². The Morgan fingerprint density at radius 3 is 2.57 bits per heavy atom. The quantitative estimate of drug-likeness (QED) is 0.437. The van der Waals surface area contributed by atoms with Crippen LogP contribution in [0.1, 0.15) is 40.6 Å². The minimum atomic E-state index is -1.02. The van der Waals surface area contributed by atoms with Crippen molar-refractivity contribution in [3.05, 3.63) is 83.8 Å². The number of ether oxygens (including phenoxy) is 2. The molecule has 2 heterocycles. The number of furan rings is 1. The van der Waals surface area contributed by atoms with Crippen LogP contribution >= 0.6 is 0 Å². The second-order valence-electron chi connectivity index (χ2n) is 8.79. The number of benzene rings is 2. The predicted molar refractivity (Wildman–Crippen MR) is 137 cm³/mol. The lowest BCUT2D eigenvalue weighted by molar-refractivity contribution is -0.126. The van der Waals surface area contributed by atoms with Gasteiger partial charge in [-0.25, -0.2) is 0 Å². The Morgan fingerprint density at radius 2 is 1.89 bits per heavy atom. The molecule has 0 saturated carbocycles. The lowest BCUT2D eigenvalue weighted by atomic mass is 10.0. The number of amides is 3. The van der Waals surface area contributed by atoms with Crippen LogP contribution in [0.5, 0.6) is 5.75 Å². The van der Waals surface area contributed by atoms with Gasteiger partial charge >= 0.3 is 0 Å². The molecule has 2 N–H and O–H groups in total. The van der Waals surface area contributed by atoms with Crippen molar-refractivity contribution in [2.75, 3.05) is 31.7 Å². The maximum absolute atomic E-state index is 13.8. The number of anilines is 1. The van der Waals surface area contributed by atoms with Crippen LogP contribution in [0, 0.1) is 6.92 Å². The Kier molecular flexibility index (Phi) is 8.58. The maximum Gasteiger partial charge on any atom is 0.287 e. The highest BCUT2D eigenvalue weighted by Crippen LogP contribution is 2.36. The SMILES string of the molecule is COc1ccc(C)cc1N(C(=O)CNC(=O)c1ccco1)[C@H](C(=O)NC[C@@H]1CCCO1)c1ccccc1. The topological polar surface area (TPSA) is 110 Å². The third-order valence-electron chi connectivity index (χ3n) is 6.16. The zero-order valence-corrected chi connectivity index (χ0v) is 20.9. The summed E-state index contributed by atoms with van der Waals surface area (Å²) in [5.74, 6) is -0.889. The summed E-state index contributed by atoms with van der Waals surface area (Å²) in [7, 11) is 1.50. The van der Waals surface area contributed by atoms with Crippen molar-refractivity contribution >= 4 is 23.4 Å². The van der Waals surface area contributed by atoms with Crippen molar-refractivity contribution in [1.29, 1.82) is 0 Å². The van der Waals surface area contributed by atoms with Crippen LogP contribution in [-0.4, -0.2) is 50.6 Å². The monoisotopic (exact) mass is 505 g/mol. The van der Waals surface area contributed by atoms with Crippen LogP contribution < -0.4 is 20.3 Å². The highest BCUT2D eigenvalue weighted by molar-refractivity contribution is 6.05. The van der Waals surface area contributed by atoms with E-state index < -0.39 is 17.9 Å². The number of nitrogens with one attached hydrogen (secondary N) is 2. The number of hydrogen-bond acceptors (Lipinski definition) is 6. The molecule has 1 fully saturated rings. The van der Waals surface area contributed by atoms with Gasteiger partial charge in [0.2, 0.25) is 11.8 Å². The van der Waals surface area contributed by atoms with Crippen LogP contribution in [0.3, 0.4) is 0 Å². The summed E-state index contributed by atoms with van der Waals surface area (Å²) < 4.78 is 16.4. The molecule has 3 aromatic rings. The second kappa shape index (κ2) is 12.2. The second-order valence-corrected chi connectivity index (χ2v) is 8.79. The fourth-order valence-corrected chi connectivity index (χ4v) is 4.31. The predicted octanol–water partition coefficient (Wildman–Crippen LogP) is 3.40. The van der Waals surface area contributed by atoms with Crippen LogP contribution in [0.15, 0.2) is 71.3 Å². The summed E-state index contributed by atoms with van der Waals surface area (Å²) in [6, 6.07) is 16.5. The van der Waals surface area contributed by atoms with E-state index in [1.807, 2.05) is 31.2 Å². The van der Waals surface area contributed by atoms with E-state index in [2.05, 4.69) is 10.6 Å². The van der Waals surface area contributed by atoms with Crippen molar-refractivity contribution in [3.63, 3.8) is 0 Å². The summed E-state index contributed by atoms with van der Waals surface area (Å²) in [5.41, 5.74) is 1.90. The molecule has 4 rings (SSSR count). The lowest BCUT2D eigenvalue weighted by Crippen LogP contribution is -2.48. The minimum Gasteiger partial charge on any atom is -0.495 e. The molecular weight excluding hydrogens is 474 g/mol. The van der Waals surface area contributed by atoms with E-state index in [0.717, 1.165) is 18.4 Å². The molecule has 2 aromatic carbocycles. The highest BCUT2D eigenvalue weighted by Gasteiger charge is 2.35. The van der Waals surface area contributed by atoms with E-state index in [1.165, 1.54) is 24.3 Å². The molecule has 194 valence electrons. The first kappa shape index (κ1) is 26.0. The Balaban J connectivity index is 1.70. The molecule has 0 spiro atoms. The van der Waals surface area contributed by atoms with Crippen molar-refractivity contribution in [2.45, 2.75) is 31.9 Å². The molecule has 1 aliphatic heterocycles. The summed E-state index contributed by atoms with van der Waals surface area (Å²) in [6.45, 7) is 2.53. The standard InChI is InChI=1S/C28H31N3O6/c1-19-12-13-23(35-2)22(16-19)31(25(32)18-30-27(33)24-11-7-15-37-24)26(20-8-4-3-5-9-20)28(34)29-17-21-10-6-14-36-21/h3-5,7-9,11-13,15-16,21,26H,6,10,14,17-18H2,1-2H3,(H,29,34)(H,30,33)/t21-,26-/m0/s1. The van der Waals surface area contributed by atoms with Crippen LogP contribution in [0.2, 0.25) is 0 Å². The Labute approximate surface area is 215 Å². The van der Waals surface area contributed by atoms with Gasteiger partial charge in [0.05, 0.1) is 31.7 Å². The third-order valence-corrected chi connectivity index (χ3v) is 6.16. The van der Waals surface area contributed by atoms with Crippen LogP contribution in [0.25, 0.3) is 0 Å². The molecular formula is C28H31N3O6. The molecule has 1 saturated heterocycles. The van der Waals surface area contributed by atoms with Gasteiger partial charge in [-0.3, -0.25) is 19.3 Å². The Hall–Kier alpha value is -4.11. The van der Waals surface area contributed by atoms with E-state index in [9.17, 15) is 14.4 Å². The van der Waals surface area contributed by atoms with Gasteiger partial charge in [0.1, 0.15) is 11.8 Å². The van der Waals surface area contributed by atoms with Gasteiger partial charge in [-0.15, -0.1) is 0 Å². The molecule has 0 radical (unpaired) electrons. The molecule has 2 atom stereocenters. The fraction of sp³-hybridized carbons (Fsp3) is 0.321. The van der Waals surface area contributed by atoms with Gasteiger partial charge < -0.3 is 24.5 Å². The fourth-order valence-electron chi connectivity index (χ4n) is 4.31. The van der Waals surface area contributed by atoms with Gasteiger partial charge in [0.15, 0.2) is 5.76 Å². The van der Waals surface area contributed by atoms with Crippen molar-refractivity contribution in [3.8, 4) is 5.75 Å². The lowest BCUT2D eigenvalue weighted by Gasteiger charge is -2.33. The van der Waals surface area contributed by atoms with E-state index in [-0.39, 0.29) is 24.3 Å². The zero-order chi connectivity index (χ0) is 26.2. The molecule has 1 aliphatic rings. The zero-order valence-electron chi connectivity index (χ0n) is 20.9. The molecule has 0 unspecified atom stereocenters. The third kappa shape index (κ3) is 6.37. The first-order valence-corrected chi connectivity index (χ1v) is 12.2. The number of nitrogens with zero attached hydrogens (tertiary/aromatic N) is 1. The van der Waals surface area contributed by atoms with Gasteiger partial charge in [-0.2, -0.15) is 0 Å². The first-order valence-electron chi connectivity index (χ1n) is 12.2. The van der Waals surface area contributed by atoms with E-state index in [1.54, 1.807) is 30.3 Å². The maximum atomic E-state index is 13.8. The molecule has 3 amide bonds. The molecule has 1 aromatic heterocycles. The van der Waals surface area contributed by atoms with E-state index >= 15 is 0 Å². The number of carbonyl (C=O) groups excluding carboxylic acids is 3. The summed E-state index contributed by atoms with van der Waals surface area (Å²) in [5, 5.41) is 5.56. The van der Waals surface area contributed by atoms with E-state index in [0.29, 0.717) is 30.2 Å². The summed E-state index contributed by atoms with van der Waals surface area (Å²) in [6.07, 6.45) is 3.13. The average Bonchev–Trinajstić information content (AvgIpc) is 3.64. The molecule has 0 bridgehead atoms. The van der Waals surface area contributed by atoms with Gasteiger partial charge in [-0.05, 0) is 55.2 Å². The number of hydrogen-bond donors (Lipinski definition) is 2. The van der Waals surface area contributed by atoms with Crippen LogP contribution in [-0.2, 0) is 14.3 Å². The first-order chi connectivity index (χ1) is 18.0. The Bertz CT molecular complexity index is 1210. The Morgan fingerprint density at radius 1 is 1.08 bits per heavy atom. The minimum absolute atomic E-state index is 0.0642. The van der Waals surface area contributed by atoms with Gasteiger partial charge in [0, 0.05) is 13.2 Å². The van der Waals surface area contributed by atoms with Crippen molar-refractivity contribution in [2.24, 2.45) is 0 Å². The molecule has 9 heteroatoms. The van der Waals surface area contributed by atoms with Gasteiger partial charge in [0.25, 0.3) is 5.91 Å². The van der Waals surface area contributed by atoms with Crippen LogP contribution in [0.4, 0.5) is 5.69 Å². The van der Waals surface area contributed by atoms with E-state index in [4.69, 9.17) is 13.9 Å². The summed E-state index contributed by atoms with van der Waals surface area (Å²) >= 11 is 0.